The molecule has 19 heavy (non-hydrogen) atoms. The van der Waals surface area contributed by atoms with Crippen LogP contribution in [0, 0.1) is 0 Å². The first-order chi connectivity index (χ1) is 9.11. The van der Waals surface area contributed by atoms with Gasteiger partial charge in [-0.2, -0.15) is 15.4 Å². The maximum atomic E-state index is 12.1. The monoisotopic (exact) mass is 264 g/mol. The van der Waals surface area contributed by atoms with Crippen molar-refractivity contribution in [3.8, 4) is 0 Å². The standard InChI is InChI=1S/C10H12N6O3/c17-7(6-4-11-15-14-6)16-3-1-2-10(5-16)8(18)12-9(19)13-10/h4H,1-3,5H2,(H,11,14,15)(H2,12,13,18,19). The summed E-state index contributed by atoms with van der Waals surface area (Å²) in [5.74, 6) is -0.683. The highest BCUT2D eigenvalue weighted by molar-refractivity contribution is 6.07. The fraction of sp³-hybridized carbons (Fsp3) is 0.500. The van der Waals surface area contributed by atoms with Crippen molar-refractivity contribution in [3.05, 3.63) is 11.9 Å². The summed E-state index contributed by atoms with van der Waals surface area (Å²) in [5, 5.41) is 14.5. The fourth-order valence-electron chi connectivity index (χ4n) is 2.51. The molecular formula is C10H12N6O3. The summed E-state index contributed by atoms with van der Waals surface area (Å²) in [6.45, 7) is 0.673. The number of carbonyl (C=O) groups is 3. The van der Waals surface area contributed by atoms with Crippen LogP contribution >= 0.6 is 0 Å². The van der Waals surface area contributed by atoms with Gasteiger partial charge in [-0.15, -0.1) is 0 Å². The largest absolute Gasteiger partial charge is 0.334 e. The Morgan fingerprint density at radius 2 is 2.26 bits per heavy atom. The van der Waals surface area contributed by atoms with Gasteiger partial charge in [0, 0.05) is 6.54 Å². The molecule has 4 amide bonds. The normalized spacial score (nSPS) is 26.4. The minimum absolute atomic E-state index is 0.149. The van der Waals surface area contributed by atoms with E-state index in [1.54, 1.807) is 0 Å². The number of likely N-dealkylation sites (tertiary alicyclic amines) is 1. The first-order valence-electron chi connectivity index (χ1n) is 5.89. The van der Waals surface area contributed by atoms with Crippen LogP contribution in [0.15, 0.2) is 6.20 Å². The first-order valence-corrected chi connectivity index (χ1v) is 5.89. The molecule has 2 saturated heterocycles. The summed E-state index contributed by atoms with van der Waals surface area (Å²) >= 11 is 0. The molecule has 1 atom stereocenters. The zero-order valence-corrected chi connectivity index (χ0v) is 9.97. The highest BCUT2D eigenvalue weighted by Gasteiger charge is 2.49. The number of piperidine rings is 1. The molecule has 100 valence electrons. The van der Waals surface area contributed by atoms with Gasteiger partial charge in [-0.05, 0) is 12.8 Å². The third-order valence-electron chi connectivity index (χ3n) is 3.43. The quantitative estimate of drug-likeness (QED) is 0.540. The average molecular weight is 264 g/mol. The van der Waals surface area contributed by atoms with Crippen molar-refractivity contribution in [2.24, 2.45) is 0 Å². The lowest BCUT2D eigenvalue weighted by Gasteiger charge is -2.37. The van der Waals surface area contributed by atoms with Gasteiger partial charge in [0.25, 0.3) is 11.8 Å². The number of hydrogen-bond acceptors (Lipinski definition) is 5. The molecule has 0 bridgehead atoms. The van der Waals surface area contributed by atoms with Gasteiger partial charge in [0.1, 0.15) is 5.54 Å². The van der Waals surface area contributed by atoms with Crippen LogP contribution in [0.5, 0.6) is 0 Å². The smallest absolute Gasteiger partial charge is 0.322 e. The highest BCUT2D eigenvalue weighted by atomic mass is 16.2. The Morgan fingerprint density at radius 3 is 2.89 bits per heavy atom. The van der Waals surface area contributed by atoms with E-state index < -0.39 is 11.6 Å². The van der Waals surface area contributed by atoms with Crippen molar-refractivity contribution in [2.45, 2.75) is 18.4 Å². The molecule has 2 aliphatic heterocycles. The number of nitrogens with zero attached hydrogens (tertiary/aromatic N) is 3. The van der Waals surface area contributed by atoms with Crippen LogP contribution in [0.4, 0.5) is 4.79 Å². The van der Waals surface area contributed by atoms with Crippen LogP contribution < -0.4 is 10.6 Å². The first kappa shape index (κ1) is 11.6. The number of amides is 4. The summed E-state index contributed by atoms with van der Waals surface area (Å²) in [6, 6.07) is -0.513. The summed E-state index contributed by atoms with van der Waals surface area (Å²) in [5.41, 5.74) is -0.809. The molecule has 1 aromatic rings. The minimum Gasteiger partial charge on any atom is -0.334 e. The van der Waals surface area contributed by atoms with E-state index in [1.807, 2.05) is 0 Å². The Hall–Kier alpha value is -2.45. The van der Waals surface area contributed by atoms with Gasteiger partial charge in [0.05, 0.1) is 12.7 Å². The second-order valence-electron chi connectivity index (χ2n) is 4.68. The number of rotatable bonds is 1. The molecule has 9 heteroatoms. The topological polar surface area (TPSA) is 120 Å². The predicted octanol–water partition coefficient (Wildman–Crippen LogP) is -1.38. The van der Waals surface area contributed by atoms with Crippen LogP contribution in [0.1, 0.15) is 23.3 Å². The van der Waals surface area contributed by atoms with E-state index in [1.165, 1.54) is 11.1 Å². The van der Waals surface area contributed by atoms with Gasteiger partial charge < -0.3 is 10.2 Å². The molecule has 0 radical (unpaired) electrons. The van der Waals surface area contributed by atoms with Crippen LogP contribution in [0.25, 0.3) is 0 Å². The van der Waals surface area contributed by atoms with Crippen LogP contribution in [-0.2, 0) is 4.79 Å². The number of H-pyrrole nitrogens is 1. The lowest BCUT2D eigenvalue weighted by molar-refractivity contribution is -0.125. The number of urea groups is 1. The summed E-state index contributed by atoms with van der Waals surface area (Å²) < 4.78 is 0. The number of aromatic nitrogens is 3. The maximum absolute atomic E-state index is 12.1. The van der Waals surface area contributed by atoms with Crippen molar-refractivity contribution in [2.75, 3.05) is 13.1 Å². The van der Waals surface area contributed by atoms with Crippen molar-refractivity contribution in [1.82, 2.24) is 30.9 Å². The number of nitrogens with one attached hydrogen (secondary N) is 3. The Morgan fingerprint density at radius 1 is 1.42 bits per heavy atom. The molecule has 3 rings (SSSR count). The van der Waals surface area contributed by atoms with Crippen LogP contribution in [0.2, 0.25) is 0 Å². The Balaban J connectivity index is 1.80. The van der Waals surface area contributed by atoms with Gasteiger partial charge in [-0.25, -0.2) is 4.79 Å². The van der Waals surface area contributed by atoms with Crippen LogP contribution in [0.3, 0.4) is 0 Å². The lowest BCUT2D eigenvalue weighted by atomic mass is 9.89. The predicted molar refractivity (Wildman–Crippen MR) is 60.9 cm³/mol. The van der Waals surface area contributed by atoms with E-state index >= 15 is 0 Å². The number of imide groups is 1. The minimum atomic E-state index is -1.01. The van der Waals surface area contributed by atoms with Crippen molar-refractivity contribution in [3.63, 3.8) is 0 Å². The molecule has 9 nitrogen and oxygen atoms in total. The average Bonchev–Trinajstić information content (AvgIpc) is 2.99. The molecule has 1 unspecified atom stereocenters. The molecule has 0 saturated carbocycles. The van der Waals surface area contributed by atoms with Gasteiger partial charge >= 0.3 is 6.03 Å². The molecule has 1 spiro atoms. The SMILES string of the molecule is O=C1NC(=O)C2(CCCN(C(=O)c3cn[nH]n3)C2)N1. The molecule has 3 N–H and O–H groups in total. The Labute approximate surface area is 107 Å². The zero-order valence-electron chi connectivity index (χ0n) is 9.97. The van der Waals surface area contributed by atoms with Gasteiger partial charge in [0.15, 0.2) is 5.69 Å². The van der Waals surface area contributed by atoms with Gasteiger partial charge in [-0.1, -0.05) is 0 Å². The number of hydrogen-bond donors (Lipinski definition) is 3. The summed E-state index contributed by atoms with van der Waals surface area (Å²) in [4.78, 5) is 36.8. The van der Waals surface area contributed by atoms with Gasteiger partial charge in [-0.3, -0.25) is 14.9 Å². The second-order valence-corrected chi connectivity index (χ2v) is 4.68. The molecule has 2 fully saturated rings. The zero-order chi connectivity index (χ0) is 13.5. The third-order valence-corrected chi connectivity index (χ3v) is 3.43. The van der Waals surface area contributed by atoms with E-state index in [9.17, 15) is 14.4 Å². The summed E-state index contributed by atoms with van der Waals surface area (Å²) in [7, 11) is 0. The fourth-order valence-corrected chi connectivity index (χ4v) is 2.51. The number of carbonyl (C=O) groups excluding carboxylic acids is 3. The van der Waals surface area contributed by atoms with E-state index in [0.29, 0.717) is 19.4 Å². The highest BCUT2D eigenvalue weighted by Crippen LogP contribution is 2.25. The van der Waals surface area contributed by atoms with E-state index in [0.717, 1.165) is 0 Å². The third kappa shape index (κ3) is 1.83. The number of aromatic amines is 1. The van der Waals surface area contributed by atoms with E-state index in [-0.39, 0.29) is 24.1 Å². The Bertz CT molecular complexity index is 541. The molecule has 1 aromatic heterocycles. The van der Waals surface area contributed by atoms with Crippen molar-refractivity contribution >= 4 is 17.8 Å². The molecule has 0 aliphatic carbocycles. The molecular weight excluding hydrogens is 252 g/mol. The molecule has 0 aromatic carbocycles. The second kappa shape index (κ2) is 4.04. The molecule has 3 heterocycles. The van der Waals surface area contributed by atoms with E-state index in [2.05, 4.69) is 26.0 Å². The maximum Gasteiger partial charge on any atom is 0.322 e. The summed E-state index contributed by atoms with van der Waals surface area (Å²) in [6.07, 6.45) is 2.49. The van der Waals surface area contributed by atoms with Crippen LogP contribution in [-0.4, -0.2) is 56.8 Å². The van der Waals surface area contributed by atoms with E-state index in [4.69, 9.17) is 0 Å². The molecule has 2 aliphatic rings. The van der Waals surface area contributed by atoms with Crippen molar-refractivity contribution in [1.29, 1.82) is 0 Å². The Kier molecular flexibility index (Phi) is 2.47. The van der Waals surface area contributed by atoms with Crippen molar-refractivity contribution < 1.29 is 14.4 Å². The van der Waals surface area contributed by atoms with Gasteiger partial charge in [0.2, 0.25) is 0 Å². The lowest BCUT2D eigenvalue weighted by Crippen LogP contribution is -2.59.